The van der Waals surface area contributed by atoms with Crippen LogP contribution < -0.4 is 4.90 Å². The van der Waals surface area contributed by atoms with E-state index in [4.69, 9.17) is 5.26 Å². The minimum atomic E-state index is -1.11. The van der Waals surface area contributed by atoms with Crippen LogP contribution in [0.1, 0.15) is 49.0 Å². The minimum absolute atomic E-state index is 0.0751. The van der Waals surface area contributed by atoms with Gasteiger partial charge in [0.05, 0.1) is 12.0 Å². The Morgan fingerprint density at radius 2 is 2.00 bits per heavy atom. The molecule has 4 rings (SSSR count). The third kappa shape index (κ3) is 4.80. The first kappa shape index (κ1) is 23.1. The Hall–Kier alpha value is -2.08. The highest BCUT2D eigenvalue weighted by atomic mass is 79.9. The van der Waals surface area contributed by atoms with E-state index in [1.807, 2.05) is 42.2 Å². The van der Waals surface area contributed by atoms with E-state index < -0.39 is 11.2 Å². The standard InChI is InChI=1S/C24H27BrN4O2S/c1-2-22(20-5-3-4-6-21(20)25)32(31)12-11-24(30)28-15-18-8-9-19(16-28)29(18)23-10-7-17(13-26)14-27-23/h3-7,10,14,18-19,22H,2,8-9,11-12,15-16H2,1H3. The van der Waals surface area contributed by atoms with Crippen LogP contribution in [0.3, 0.4) is 0 Å². The summed E-state index contributed by atoms with van der Waals surface area (Å²) in [6.07, 6.45) is 4.74. The molecule has 32 heavy (non-hydrogen) atoms. The second kappa shape index (κ2) is 10.2. The van der Waals surface area contributed by atoms with Crippen LogP contribution in [0.15, 0.2) is 47.1 Å². The Labute approximate surface area is 200 Å². The number of hydrogen-bond donors (Lipinski definition) is 0. The maximum Gasteiger partial charge on any atom is 0.227 e. The number of likely N-dealkylation sites (tertiary alicyclic amines) is 1. The third-order valence-corrected chi connectivity index (χ3v) is 8.98. The summed E-state index contributed by atoms with van der Waals surface area (Å²) < 4.78 is 14.0. The van der Waals surface area contributed by atoms with E-state index in [1.165, 1.54) is 0 Å². The lowest BCUT2D eigenvalue weighted by Gasteiger charge is -2.41. The molecule has 168 valence electrons. The maximum atomic E-state index is 13.0. The molecule has 6 nitrogen and oxygen atoms in total. The van der Waals surface area contributed by atoms with E-state index >= 15 is 0 Å². The van der Waals surface area contributed by atoms with Gasteiger partial charge in [-0.15, -0.1) is 0 Å². The first-order chi connectivity index (χ1) is 15.5. The molecule has 0 saturated carbocycles. The van der Waals surface area contributed by atoms with Gasteiger partial charge in [-0.1, -0.05) is 41.1 Å². The Balaban J connectivity index is 1.35. The van der Waals surface area contributed by atoms with Crippen molar-refractivity contribution in [2.75, 3.05) is 23.7 Å². The van der Waals surface area contributed by atoms with Gasteiger partial charge in [-0.3, -0.25) is 4.79 Å². The van der Waals surface area contributed by atoms with Gasteiger partial charge in [0.15, 0.2) is 0 Å². The molecule has 1 aromatic carbocycles. The number of benzene rings is 1. The molecule has 2 fully saturated rings. The largest absolute Gasteiger partial charge is 0.616 e. The van der Waals surface area contributed by atoms with Crippen molar-refractivity contribution in [3.8, 4) is 6.07 Å². The summed E-state index contributed by atoms with van der Waals surface area (Å²) in [6.45, 7) is 3.38. The van der Waals surface area contributed by atoms with E-state index in [-0.39, 0.29) is 23.2 Å². The van der Waals surface area contributed by atoms with E-state index in [1.54, 1.807) is 12.3 Å². The molecule has 4 atom stereocenters. The first-order valence-corrected chi connectivity index (χ1v) is 13.2. The minimum Gasteiger partial charge on any atom is -0.616 e. The maximum absolute atomic E-state index is 13.0. The molecular formula is C24H27BrN4O2S. The van der Waals surface area contributed by atoms with Crippen LogP contribution in [0, 0.1) is 11.3 Å². The molecule has 2 aliphatic rings. The number of pyridine rings is 1. The van der Waals surface area contributed by atoms with Gasteiger partial charge in [0.25, 0.3) is 0 Å². The van der Waals surface area contributed by atoms with E-state index in [0.717, 1.165) is 35.1 Å². The highest BCUT2D eigenvalue weighted by molar-refractivity contribution is 9.10. The molecule has 2 aromatic rings. The lowest BCUT2D eigenvalue weighted by molar-refractivity contribution is -0.131. The number of amides is 1. The van der Waals surface area contributed by atoms with Gasteiger partial charge in [0.1, 0.15) is 22.9 Å². The van der Waals surface area contributed by atoms with Gasteiger partial charge in [0, 0.05) is 41.4 Å². The molecule has 8 heteroatoms. The van der Waals surface area contributed by atoms with Gasteiger partial charge in [-0.05, 0) is 48.6 Å². The summed E-state index contributed by atoms with van der Waals surface area (Å²) in [6, 6.07) is 14.2. The fourth-order valence-electron chi connectivity index (χ4n) is 4.86. The number of fused-ring (bicyclic) bond motifs is 2. The Kier molecular flexibility index (Phi) is 7.39. The first-order valence-electron chi connectivity index (χ1n) is 11.1. The molecular weight excluding hydrogens is 488 g/mol. The van der Waals surface area contributed by atoms with Crippen LogP contribution >= 0.6 is 15.9 Å². The fourth-order valence-corrected chi connectivity index (χ4v) is 7.09. The Morgan fingerprint density at radius 1 is 1.28 bits per heavy atom. The number of nitrogens with zero attached hydrogens (tertiary/aromatic N) is 4. The van der Waals surface area contributed by atoms with Crippen LogP contribution in [0.2, 0.25) is 0 Å². The SMILES string of the molecule is CCC(c1ccccc1Br)[S+]([O-])CCC(=O)N1CC2CCC(C1)N2c1ccc(C#N)cn1. The molecule has 4 unspecified atom stereocenters. The normalized spacial score (nSPS) is 21.8. The molecule has 0 aliphatic carbocycles. The lowest BCUT2D eigenvalue weighted by atomic mass is 10.1. The van der Waals surface area contributed by atoms with Crippen LogP contribution in [0.4, 0.5) is 5.82 Å². The van der Waals surface area contributed by atoms with Gasteiger partial charge in [-0.25, -0.2) is 4.98 Å². The van der Waals surface area contributed by atoms with Gasteiger partial charge >= 0.3 is 0 Å². The highest BCUT2D eigenvalue weighted by Gasteiger charge is 2.42. The van der Waals surface area contributed by atoms with Crippen molar-refractivity contribution in [2.24, 2.45) is 0 Å². The van der Waals surface area contributed by atoms with Crippen LogP contribution in [-0.4, -0.2) is 51.3 Å². The van der Waals surface area contributed by atoms with Crippen molar-refractivity contribution >= 4 is 38.8 Å². The van der Waals surface area contributed by atoms with Crippen molar-refractivity contribution in [2.45, 2.75) is 49.9 Å². The van der Waals surface area contributed by atoms with Crippen molar-refractivity contribution in [1.82, 2.24) is 9.88 Å². The zero-order chi connectivity index (χ0) is 22.7. The van der Waals surface area contributed by atoms with E-state index in [2.05, 4.69) is 31.9 Å². The fraction of sp³-hybridized carbons (Fsp3) is 0.458. The highest BCUT2D eigenvalue weighted by Crippen LogP contribution is 2.35. The van der Waals surface area contributed by atoms with Crippen molar-refractivity contribution in [1.29, 1.82) is 5.26 Å². The molecule has 2 saturated heterocycles. The number of piperazine rings is 1. The molecule has 0 spiro atoms. The zero-order valence-electron chi connectivity index (χ0n) is 18.1. The number of carbonyl (C=O) groups is 1. The molecule has 0 N–H and O–H groups in total. The molecule has 3 heterocycles. The predicted octanol–water partition coefficient (Wildman–Crippen LogP) is 4.19. The van der Waals surface area contributed by atoms with E-state index in [9.17, 15) is 9.35 Å². The lowest BCUT2D eigenvalue weighted by Crippen LogP contribution is -2.55. The number of anilines is 1. The number of carbonyl (C=O) groups excluding carboxylic acids is 1. The summed E-state index contributed by atoms with van der Waals surface area (Å²) in [7, 11) is 0. The predicted molar refractivity (Wildman–Crippen MR) is 130 cm³/mol. The monoisotopic (exact) mass is 514 g/mol. The molecule has 1 amide bonds. The number of nitriles is 1. The van der Waals surface area contributed by atoms with Crippen LogP contribution in [0.5, 0.6) is 0 Å². The summed E-state index contributed by atoms with van der Waals surface area (Å²) in [5.41, 5.74) is 1.60. The van der Waals surface area contributed by atoms with Gasteiger partial charge in [-0.2, -0.15) is 5.26 Å². The summed E-state index contributed by atoms with van der Waals surface area (Å²) in [5, 5.41) is 8.92. The topological polar surface area (TPSA) is 83.3 Å². The summed E-state index contributed by atoms with van der Waals surface area (Å²) in [5.74, 6) is 1.35. The third-order valence-electron chi connectivity index (χ3n) is 6.43. The van der Waals surface area contributed by atoms with Crippen molar-refractivity contribution in [3.63, 3.8) is 0 Å². The van der Waals surface area contributed by atoms with Crippen molar-refractivity contribution < 1.29 is 9.35 Å². The molecule has 2 bridgehead atoms. The molecule has 0 radical (unpaired) electrons. The van der Waals surface area contributed by atoms with Crippen LogP contribution in [0.25, 0.3) is 0 Å². The molecule has 1 aromatic heterocycles. The second-order valence-corrected chi connectivity index (χ2v) is 11.0. The zero-order valence-corrected chi connectivity index (χ0v) is 20.5. The Morgan fingerprint density at radius 3 is 2.59 bits per heavy atom. The van der Waals surface area contributed by atoms with Crippen molar-refractivity contribution in [3.05, 3.63) is 58.2 Å². The van der Waals surface area contributed by atoms with Gasteiger partial charge in [0.2, 0.25) is 5.91 Å². The number of hydrogen-bond acceptors (Lipinski definition) is 5. The van der Waals surface area contributed by atoms with E-state index in [0.29, 0.717) is 30.8 Å². The quantitative estimate of drug-likeness (QED) is 0.517. The second-order valence-electron chi connectivity index (χ2n) is 8.36. The number of aromatic nitrogens is 1. The Bertz CT molecular complexity index is 982. The summed E-state index contributed by atoms with van der Waals surface area (Å²) in [4.78, 5) is 21.7. The number of rotatable bonds is 7. The van der Waals surface area contributed by atoms with Gasteiger partial charge < -0.3 is 14.4 Å². The summed E-state index contributed by atoms with van der Waals surface area (Å²) >= 11 is 2.46. The van der Waals surface area contributed by atoms with Crippen LogP contribution in [-0.2, 0) is 16.0 Å². The number of halogens is 1. The molecule has 2 aliphatic heterocycles. The smallest absolute Gasteiger partial charge is 0.227 e. The average Bonchev–Trinajstić information content (AvgIpc) is 3.08. The average molecular weight is 515 g/mol.